The fraction of sp³-hybridized carbons (Fsp3) is 0.389. The molecule has 0 aliphatic heterocycles. The van der Waals surface area contributed by atoms with Gasteiger partial charge in [-0.1, -0.05) is 24.2 Å². The zero-order valence-electron chi connectivity index (χ0n) is 14.1. The predicted octanol–water partition coefficient (Wildman–Crippen LogP) is 2.53. The van der Waals surface area contributed by atoms with Crippen molar-refractivity contribution in [2.75, 3.05) is 6.54 Å². The molecule has 1 amide bonds. The molecule has 6 heteroatoms. The highest BCUT2D eigenvalue weighted by Gasteiger charge is 2.18. The third kappa shape index (κ3) is 4.44. The second-order valence-corrected chi connectivity index (χ2v) is 5.95. The van der Waals surface area contributed by atoms with Gasteiger partial charge in [0.2, 0.25) is 5.91 Å². The molecule has 1 aromatic carbocycles. The number of nitrogens with zero attached hydrogens (tertiary/aromatic N) is 1. The summed E-state index contributed by atoms with van der Waals surface area (Å²) in [6.45, 7) is 6.11. The molecular formula is C18H22N2O4. The van der Waals surface area contributed by atoms with Crippen molar-refractivity contribution in [2.45, 2.75) is 33.6 Å². The van der Waals surface area contributed by atoms with Crippen LogP contribution in [0.15, 0.2) is 28.8 Å². The fourth-order valence-electron chi connectivity index (χ4n) is 2.51. The smallest absolute Gasteiger partial charge is 0.335 e. The number of carbonyl (C=O) groups is 2. The van der Waals surface area contributed by atoms with Crippen LogP contribution in [-0.4, -0.2) is 28.7 Å². The number of amides is 1. The van der Waals surface area contributed by atoms with Crippen LogP contribution >= 0.6 is 0 Å². The van der Waals surface area contributed by atoms with Crippen molar-refractivity contribution in [3.8, 4) is 0 Å². The van der Waals surface area contributed by atoms with Gasteiger partial charge in [0.05, 0.1) is 11.3 Å². The van der Waals surface area contributed by atoms with E-state index >= 15 is 0 Å². The Labute approximate surface area is 140 Å². The van der Waals surface area contributed by atoms with Crippen molar-refractivity contribution < 1.29 is 19.2 Å². The quantitative estimate of drug-likeness (QED) is 0.814. The van der Waals surface area contributed by atoms with Gasteiger partial charge in [0.15, 0.2) is 0 Å². The number of aromatic carboxylic acids is 1. The average molecular weight is 330 g/mol. The van der Waals surface area contributed by atoms with Crippen LogP contribution in [0.5, 0.6) is 0 Å². The summed E-state index contributed by atoms with van der Waals surface area (Å²) in [6.07, 6.45) is 1.25. The summed E-state index contributed by atoms with van der Waals surface area (Å²) in [5.74, 6) is -0.373. The summed E-state index contributed by atoms with van der Waals surface area (Å²) in [5, 5.41) is 15.7. The fourth-order valence-corrected chi connectivity index (χ4v) is 2.51. The van der Waals surface area contributed by atoms with Crippen molar-refractivity contribution in [3.63, 3.8) is 0 Å². The molecule has 128 valence electrons. The van der Waals surface area contributed by atoms with Crippen molar-refractivity contribution in [2.24, 2.45) is 5.92 Å². The van der Waals surface area contributed by atoms with Crippen LogP contribution in [-0.2, 0) is 17.6 Å². The van der Waals surface area contributed by atoms with E-state index in [9.17, 15) is 9.59 Å². The maximum absolute atomic E-state index is 12.2. The minimum absolute atomic E-state index is 0.0165. The van der Waals surface area contributed by atoms with Crippen LogP contribution in [0.1, 0.15) is 39.9 Å². The molecule has 0 spiro atoms. The number of aromatic nitrogens is 1. The van der Waals surface area contributed by atoms with E-state index in [0.29, 0.717) is 19.4 Å². The SMILES string of the molecule is Cc1noc(C)c1C[C@H](C)C(=O)NCCc1ccc(C(=O)O)cc1. The first-order valence-electron chi connectivity index (χ1n) is 7.90. The lowest BCUT2D eigenvalue weighted by atomic mass is 9.99. The van der Waals surface area contributed by atoms with Crippen molar-refractivity contribution in [3.05, 3.63) is 52.4 Å². The Morgan fingerprint density at radius 2 is 1.92 bits per heavy atom. The maximum atomic E-state index is 12.2. The van der Waals surface area contributed by atoms with Crippen molar-refractivity contribution >= 4 is 11.9 Å². The summed E-state index contributed by atoms with van der Waals surface area (Å²) < 4.78 is 5.12. The van der Waals surface area contributed by atoms with E-state index in [4.69, 9.17) is 9.63 Å². The van der Waals surface area contributed by atoms with E-state index in [-0.39, 0.29) is 17.4 Å². The topological polar surface area (TPSA) is 92.4 Å². The Bertz CT molecular complexity index is 700. The van der Waals surface area contributed by atoms with E-state index in [1.165, 1.54) is 0 Å². The number of hydrogen-bond donors (Lipinski definition) is 2. The molecule has 0 bridgehead atoms. The Balaban J connectivity index is 1.81. The van der Waals surface area contributed by atoms with Gasteiger partial charge in [0, 0.05) is 18.0 Å². The number of benzene rings is 1. The van der Waals surface area contributed by atoms with Gasteiger partial charge in [-0.2, -0.15) is 0 Å². The number of aryl methyl sites for hydroxylation is 2. The van der Waals surface area contributed by atoms with E-state index < -0.39 is 5.97 Å². The van der Waals surface area contributed by atoms with Crippen molar-refractivity contribution in [1.82, 2.24) is 10.5 Å². The van der Waals surface area contributed by atoms with Gasteiger partial charge in [0.25, 0.3) is 0 Å². The highest BCUT2D eigenvalue weighted by molar-refractivity contribution is 5.87. The second-order valence-electron chi connectivity index (χ2n) is 5.95. The van der Waals surface area contributed by atoms with E-state index in [0.717, 1.165) is 22.6 Å². The Hall–Kier alpha value is -2.63. The van der Waals surface area contributed by atoms with E-state index in [1.54, 1.807) is 24.3 Å². The molecular weight excluding hydrogens is 308 g/mol. The Morgan fingerprint density at radius 1 is 1.25 bits per heavy atom. The zero-order valence-corrected chi connectivity index (χ0v) is 14.1. The standard InChI is InChI=1S/C18H22N2O4/c1-11(10-16-12(2)20-24-13(16)3)17(21)19-9-8-14-4-6-15(7-5-14)18(22)23/h4-7,11H,8-10H2,1-3H3,(H,19,21)(H,22,23)/t11-/m0/s1. The van der Waals surface area contributed by atoms with Crippen LogP contribution < -0.4 is 5.32 Å². The van der Waals surface area contributed by atoms with Crippen LogP contribution in [0, 0.1) is 19.8 Å². The average Bonchev–Trinajstić information content (AvgIpc) is 2.87. The molecule has 1 aromatic heterocycles. The number of nitrogens with one attached hydrogen (secondary N) is 1. The van der Waals surface area contributed by atoms with Gasteiger partial charge in [-0.25, -0.2) is 4.79 Å². The predicted molar refractivity (Wildman–Crippen MR) is 89.0 cm³/mol. The molecule has 0 radical (unpaired) electrons. The summed E-state index contributed by atoms with van der Waals surface area (Å²) in [7, 11) is 0. The second kappa shape index (κ2) is 7.77. The van der Waals surface area contributed by atoms with Gasteiger partial charge in [-0.15, -0.1) is 0 Å². The molecule has 0 saturated heterocycles. The molecule has 1 heterocycles. The van der Waals surface area contributed by atoms with Crippen LogP contribution in [0.4, 0.5) is 0 Å². The van der Waals surface area contributed by atoms with Gasteiger partial charge in [-0.3, -0.25) is 4.79 Å². The number of rotatable bonds is 7. The molecule has 6 nitrogen and oxygen atoms in total. The molecule has 2 aromatic rings. The van der Waals surface area contributed by atoms with Gasteiger partial charge >= 0.3 is 5.97 Å². The maximum Gasteiger partial charge on any atom is 0.335 e. The molecule has 0 saturated carbocycles. The largest absolute Gasteiger partial charge is 0.478 e. The summed E-state index contributed by atoms with van der Waals surface area (Å²) in [4.78, 5) is 23.0. The lowest BCUT2D eigenvalue weighted by Crippen LogP contribution is -2.32. The lowest BCUT2D eigenvalue weighted by molar-refractivity contribution is -0.124. The summed E-state index contributed by atoms with van der Waals surface area (Å²) >= 11 is 0. The lowest BCUT2D eigenvalue weighted by Gasteiger charge is -2.12. The third-order valence-electron chi connectivity index (χ3n) is 4.05. The van der Waals surface area contributed by atoms with Crippen molar-refractivity contribution in [1.29, 1.82) is 0 Å². The Kier molecular flexibility index (Phi) is 5.73. The van der Waals surface area contributed by atoms with E-state index in [1.807, 2.05) is 20.8 Å². The summed E-state index contributed by atoms with van der Waals surface area (Å²) in [6, 6.07) is 6.67. The highest BCUT2D eigenvalue weighted by Crippen LogP contribution is 2.17. The minimum Gasteiger partial charge on any atom is -0.478 e. The first kappa shape index (κ1) is 17.7. The normalized spacial score (nSPS) is 12.0. The number of carbonyl (C=O) groups excluding carboxylic acids is 1. The molecule has 2 rings (SSSR count). The van der Waals surface area contributed by atoms with E-state index in [2.05, 4.69) is 10.5 Å². The first-order valence-corrected chi connectivity index (χ1v) is 7.90. The summed E-state index contributed by atoms with van der Waals surface area (Å²) in [5.41, 5.74) is 3.06. The number of carboxylic acid groups (broad SMARTS) is 1. The van der Waals surface area contributed by atoms with Crippen LogP contribution in [0.3, 0.4) is 0 Å². The highest BCUT2D eigenvalue weighted by atomic mass is 16.5. The Morgan fingerprint density at radius 3 is 2.46 bits per heavy atom. The molecule has 0 aliphatic rings. The van der Waals surface area contributed by atoms with Crippen LogP contribution in [0.2, 0.25) is 0 Å². The van der Waals surface area contributed by atoms with Crippen LogP contribution in [0.25, 0.3) is 0 Å². The van der Waals surface area contributed by atoms with Gasteiger partial charge in [0.1, 0.15) is 5.76 Å². The monoisotopic (exact) mass is 330 g/mol. The molecule has 24 heavy (non-hydrogen) atoms. The zero-order chi connectivity index (χ0) is 17.7. The molecule has 0 fully saturated rings. The number of hydrogen-bond acceptors (Lipinski definition) is 4. The minimum atomic E-state index is -0.942. The molecule has 0 aliphatic carbocycles. The molecule has 1 atom stereocenters. The third-order valence-corrected chi connectivity index (χ3v) is 4.05. The number of carboxylic acids is 1. The van der Waals surface area contributed by atoms with Gasteiger partial charge < -0.3 is 14.9 Å². The molecule has 2 N–H and O–H groups in total. The molecule has 0 unspecified atom stereocenters. The first-order chi connectivity index (χ1) is 11.4. The van der Waals surface area contributed by atoms with Gasteiger partial charge in [-0.05, 0) is 44.4 Å².